The summed E-state index contributed by atoms with van der Waals surface area (Å²) in [5, 5.41) is 18.2. The maximum Gasteiger partial charge on any atom is 0.342 e. The lowest BCUT2D eigenvalue weighted by Crippen LogP contribution is -2.34. The highest BCUT2D eigenvalue weighted by Crippen LogP contribution is 2.44. The number of fused-ring (bicyclic) bond motifs is 2. The number of phenolic OH excluding ortho intramolecular Hbond substituents is 1. The van der Waals surface area contributed by atoms with Crippen molar-refractivity contribution >= 4 is 58.7 Å². The highest BCUT2D eigenvalue weighted by atomic mass is 35.5. The Balaban J connectivity index is 1.12. The fourth-order valence-corrected chi connectivity index (χ4v) is 7.15. The summed E-state index contributed by atoms with van der Waals surface area (Å²) in [6, 6.07) is 23.9. The lowest BCUT2D eigenvalue weighted by molar-refractivity contribution is -0.137. The molecule has 0 bridgehead atoms. The van der Waals surface area contributed by atoms with Gasteiger partial charge in [-0.05, 0) is 103 Å². The summed E-state index contributed by atoms with van der Waals surface area (Å²) in [5.74, 6) is -2.77. The fraction of sp³-hybridized carbons (Fsp3) is 0.205. The van der Waals surface area contributed by atoms with Gasteiger partial charge in [-0.1, -0.05) is 65.7 Å². The Labute approximate surface area is 298 Å². The molecule has 0 radical (unpaired) electrons. The molecule has 3 amide bonds. The molecule has 50 heavy (non-hydrogen) atoms. The number of hydrogen-bond acceptors (Lipinski definition) is 7. The highest BCUT2D eigenvalue weighted by molar-refractivity contribution is 6.31. The van der Waals surface area contributed by atoms with Gasteiger partial charge in [-0.15, -0.1) is 0 Å². The number of hydrazone groups is 1. The van der Waals surface area contributed by atoms with E-state index in [1.807, 2.05) is 36.4 Å². The number of nitrogens with zero attached hydrogens (tertiary/aromatic N) is 3. The van der Waals surface area contributed by atoms with E-state index in [-0.39, 0.29) is 23.8 Å². The molecular formula is C39H31Cl2N3O6. The predicted octanol–water partition coefficient (Wildman–Crippen LogP) is 7.78. The van der Waals surface area contributed by atoms with Gasteiger partial charge in [0.1, 0.15) is 11.3 Å². The number of rotatable bonds is 7. The number of imide groups is 1. The fourth-order valence-electron chi connectivity index (χ4n) is 6.90. The van der Waals surface area contributed by atoms with E-state index in [0.717, 1.165) is 46.6 Å². The number of carbonyl (C=O) groups excluding carboxylic acids is 4. The summed E-state index contributed by atoms with van der Waals surface area (Å²) in [6.07, 6.45) is 4.56. The van der Waals surface area contributed by atoms with E-state index < -0.39 is 36.3 Å². The number of amides is 3. The largest absolute Gasteiger partial charge is 0.507 e. The van der Waals surface area contributed by atoms with Crippen LogP contribution in [0.2, 0.25) is 10.0 Å². The maximum atomic E-state index is 13.8. The van der Waals surface area contributed by atoms with Crippen LogP contribution in [0, 0.1) is 12.8 Å². The molecule has 252 valence electrons. The third kappa shape index (κ3) is 6.30. The molecular weight excluding hydrogens is 677 g/mol. The van der Waals surface area contributed by atoms with Gasteiger partial charge in [-0.2, -0.15) is 5.10 Å². The van der Waals surface area contributed by atoms with Crippen LogP contribution < -0.4 is 0 Å². The Bertz CT molecular complexity index is 2070. The van der Waals surface area contributed by atoms with Crippen LogP contribution >= 0.6 is 23.2 Å². The average molecular weight is 709 g/mol. The molecule has 2 atom stereocenters. The summed E-state index contributed by atoms with van der Waals surface area (Å²) in [5.41, 5.74) is 4.84. The van der Waals surface area contributed by atoms with Gasteiger partial charge in [-0.3, -0.25) is 19.3 Å². The third-order valence-electron chi connectivity index (χ3n) is 9.31. The Kier molecular flexibility index (Phi) is 9.03. The second-order valence-electron chi connectivity index (χ2n) is 12.6. The number of ether oxygens (including phenoxy) is 1. The number of hydrogen-bond donors (Lipinski definition) is 1. The number of benzene rings is 4. The quantitative estimate of drug-likeness (QED) is 0.155. The number of esters is 1. The van der Waals surface area contributed by atoms with Crippen molar-refractivity contribution in [3.8, 4) is 5.75 Å². The minimum atomic E-state index is -0.932. The molecule has 7 rings (SSSR count). The van der Waals surface area contributed by atoms with E-state index in [0.29, 0.717) is 32.3 Å². The highest BCUT2D eigenvalue weighted by Gasteiger charge is 2.44. The van der Waals surface area contributed by atoms with Crippen molar-refractivity contribution in [3.05, 3.63) is 139 Å². The molecule has 0 aromatic heterocycles. The van der Waals surface area contributed by atoms with Crippen LogP contribution in [0.25, 0.3) is 6.08 Å². The predicted molar refractivity (Wildman–Crippen MR) is 189 cm³/mol. The zero-order valence-electron chi connectivity index (χ0n) is 26.9. The van der Waals surface area contributed by atoms with Gasteiger partial charge in [0.15, 0.2) is 6.61 Å². The van der Waals surface area contributed by atoms with E-state index in [2.05, 4.69) is 6.08 Å². The van der Waals surface area contributed by atoms with Crippen molar-refractivity contribution in [3.63, 3.8) is 0 Å². The van der Waals surface area contributed by atoms with Gasteiger partial charge in [0, 0.05) is 16.0 Å². The molecule has 1 saturated carbocycles. The van der Waals surface area contributed by atoms with Gasteiger partial charge in [0.05, 0.1) is 29.4 Å². The first kappa shape index (κ1) is 33.3. The second-order valence-corrected chi connectivity index (χ2v) is 13.4. The number of halogens is 2. The van der Waals surface area contributed by atoms with Crippen molar-refractivity contribution in [1.29, 1.82) is 0 Å². The van der Waals surface area contributed by atoms with Gasteiger partial charge in [0.2, 0.25) is 0 Å². The number of aromatic hydroxyl groups is 1. The first-order chi connectivity index (χ1) is 24.1. The molecule has 9 nitrogen and oxygen atoms in total. The van der Waals surface area contributed by atoms with Gasteiger partial charge in [0.25, 0.3) is 17.7 Å². The molecule has 1 fully saturated rings. The molecule has 0 spiro atoms. The monoisotopic (exact) mass is 707 g/mol. The van der Waals surface area contributed by atoms with Crippen LogP contribution in [0.4, 0.5) is 0 Å². The third-order valence-corrected chi connectivity index (χ3v) is 9.81. The molecule has 1 aliphatic carbocycles. The van der Waals surface area contributed by atoms with E-state index in [9.17, 15) is 24.3 Å². The molecule has 2 aliphatic heterocycles. The molecule has 4 aromatic rings. The molecule has 2 heterocycles. The number of aryl methyl sites for hydroxylation is 1. The van der Waals surface area contributed by atoms with Crippen LogP contribution in [-0.4, -0.2) is 51.0 Å². The van der Waals surface area contributed by atoms with Crippen molar-refractivity contribution in [2.75, 3.05) is 6.61 Å². The first-order valence-corrected chi connectivity index (χ1v) is 16.9. The van der Waals surface area contributed by atoms with Gasteiger partial charge >= 0.3 is 5.97 Å². The van der Waals surface area contributed by atoms with Crippen molar-refractivity contribution < 1.29 is 29.0 Å². The SMILES string of the molecule is Cc1cc(CN2C(=O)c3ccccc3C2=O)cc(C(=O)OCC(=O)N2N=C3/C(=C\c4ccc(Cl)cc4)CCCC3C2c2ccc(Cl)cc2)c1O. The van der Waals surface area contributed by atoms with E-state index in [1.54, 1.807) is 49.4 Å². The summed E-state index contributed by atoms with van der Waals surface area (Å²) in [4.78, 5) is 54.2. The molecule has 0 saturated heterocycles. The van der Waals surface area contributed by atoms with Crippen molar-refractivity contribution in [2.45, 2.75) is 38.8 Å². The molecule has 3 aliphatic rings. The molecule has 11 heteroatoms. The first-order valence-electron chi connectivity index (χ1n) is 16.2. The Morgan fingerprint density at radius 2 is 1.58 bits per heavy atom. The topological polar surface area (TPSA) is 117 Å². The standard InChI is InChI=1S/C39H31Cl2N3O6/c1-22-17-24(20-43-37(47)29-6-2-3-7-30(29)38(43)48)19-32(36(22)46)39(49)50-21-33(45)44-35(25-11-15-28(41)16-12-25)31-8-4-5-26(34(31)42-44)18-23-9-13-27(40)14-10-23/h2-3,6-7,9-19,31,35,46H,4-5,8,20-21H2,1H3/b26-18-. The molecule has 1 N–H and O–H groups in total. The zero-order chi connectivity index (χ0) is 35.1. The van der Waals surface area contributed by atoms with Crippen LogP contribution in [-0.2, 0) is 16.1 Å². The van der Waals surface area contributed by atoms with Gasteiger partial charge in [-0.25, -0.2) is 9.80 Å². The normalized spacial score (nSPS) is 19.0. The Morgan fingerprint density at radius 1 is 0.940 bits per heavy atom. The molecule has 2 unspecified atom stereocenters. The smallest absolute Gasteiger partial charge is 0.342 e. The average Bonchev–Trinajstić information content (AvgIpc) is 3.62. The van der Waals surface area contributed by atoms with E-state index in [4.69, 9.17) is 33.0 Å². The molecule has 4 aromatic carbocycles. The minimum Gasteiger partial charge on any atom is -0.507 e. The lowest BCUT2D eigenvalue weighted by atomic mass is 9.77. The number of phenols is 1. The Hall–Kier alpha value is -5.25. The van der Waals surface area contributed by atoms with Crippen LogP contribution in [0.1, 0.15) is 78.6 Å². The van der Waals surface area contributed by atoms with Crippen molar-refractivity contribution in [2.24, 2.45) is 11.0 Å². The summed E-state index contributed by atoms with van der Waals surface area (Å²) in [7, 11) is 0. The van der Waals surface area contributed by atoms with Crippen LogP contribution in [0.5, 0.6) is 5.75 Å². The van der Waals surface area contributed by atoms with Crippen LogP contribution in [0.15, 0.2) is 95.6 Å². The van der Waals surface area contributed by atoms with Crippen molar-refractivity contribution in [1.82, 2.24) is 9.91 Å². The second kappa shape index (κ2) is 13.6. The Morgan fingerprint density at radius 3 is 2.24 bits per heavy atom. The van der Waals surface area contributed by atoms with E-state index >= 15 is 0 Å². The van der Waals surface area contributed by atoms with Crippen LogP contribution in [0.3, 0.4) is 0 Å². The summed E-state index contributed by atoms with van der Waals surface area (Å²) >= 11 is 12.3. The number of carbonyl (C=O) groups is 4. The minimum absolute atomic E-state index is 0.0892. The lowest BCUT2D eigenvalue weighted by Gasteiger charge is -2.29. The van der Waals surface area contributed by atoms with E-state index in [1.165, 1.54) is 11.1 Å². The zero-order valence-corrected chi connectivity index (χ0v) is 28.4. The number of allylic oxidation sites excluding steroid dienone is 1. The maximum absolute atomic E-state index is 13.8. The summed E-state index contributed by atoms with van der Waals surface area (Å²) in [6.45, 7) is 0.842. The summed E-state index contributed by atoms with van der Waals surface area (Å²) < 4.78 is 5.49. The van der Waals surface area contributed by atoms with Gasteiger partial charge < -0.3 is 9.84 Å².